The molecular formula is C16H22N2O3. The van der Waals surface area contributed by atoms with Gasteiger partial charge in [0.05, 0.1) is 0 Å². The molecule has 1 heterocycles. The number of benzene rings is 1. The van der Waals surface area contributed by atoms with Crippen LogP contribution in [-0.4, -0.2) is 59.0 Å². The molecule has 0 bridgehead atoms. The van der Waals surface area contributed by atoms with Crippen molar-refractivity contribution in [1.82, 2.24) is 9.80 Å². The van der Waals surface area contributed by atoms with E-state index in [1.54, 1.807) is 6.92 Å². The Kier molecular flexibility index (Phi) is 4.63. The van der Waals surface area contributed by atoms with Crippen LogP contribution in [0.1, 0.15) is 28.4 Å². The molecule has 1 aliphatic heterocycles. The zero-order valence-corrected chi connectivity index (χ0v) is 12.8. The molecule has 5 nitrogen and oxygen atoms in total. The third-order valence-corrected chi connectivity index (χ3v) is 4.13. The van der Waals surface area contributed by atoms with E-state index >= 15 is 0 Å². The van der Waals surface area contributed by atoms with Gasteiger partial charge in [-0.25, -0.2) is 0 Å². The number of nitrogens with zero attached hydrogens (tertiary/aromatic N) is 2. The van der Waals surface area contributed by atoms with Crippen LogP contribution < -0.4 is 0 Å². The minimum absolute atomic E-state index is 0.0406. The summed E-state index contributed by atoms with van der Waals surface area (Å²) in [5, 5.41) is 9.03. The number of aryl methyl sites for hydroxylation is 2. The monoisotopic (exact) mass is 290 g/mol. The summed E-state index contributed by atoms with van der Waals surface area (Å²) in [7, 11) is 0. The molecule has 1 fully saturated rings. The largest absolute Gasteiger partial charge is 0.480 e. The van der Waals surface area contributed by atoms with Crippen molar-refractivity contribution in [3.05, 3.63) is 34.9 Å². The van der Waals surface area contributed by atoms with Crippen LogP contribution >= 0.6 is 0 Å². The normalized spacial score (nSPS) is 17.6. The van der Waals surface area contributed by atoms with Crippen molar-refractivity contribution in [2.45, 2.75) is 26.8 Å². The number of carboxylic acids is 1. The molecule has 1 unspecified atom stereocenters. The summed E-state index contributed by atoms with van der Waals surface area (Å²) in [6, 6.07) is 5.39. The van der Waals surface area contributed by atoms with Crippen molar-refractivity contribution in [2.75, 3.05) is 26.2 Å². The predicted octanol–water partition coefficient (Wildman–Crippen LogP) is 1.53. The number of rotatable bonds is 3. The van der Waals surface area contributed by atoms with Gasteiger partial charge in [-0.05, 0) is 32.4 Å². The zero-order valence-electron chi connectivity index (χ0n) is 12.8. The third kappa shape index (κ3) is 3.42. The molecule has 5 heteroatoms. The zero-order chi connectivity index (χ0) is 15.6. The van der Waals surface area contributed by atoms with Crippen LogP contribution in [0.4, 0.5) is 0 Å². The number of hydrogen-bond donors (Lipinski definition) is 1. The van der Waals surface area contributed by atoms with Crippen molar-refractivity contribution < 1.29 is 14.7 Å². The van der Waals surface area contributed by atoms with Crippen LogP contribution in [0.3, 0.4) is 0 Å². The Bertz CT molecular complexity index is 548. The minimum atomic E-state index is -0.815. The second-order valence-corrected chi connectivity index (χ2v) is 5.66. The van der Waals surface area contributed by atoms with Crippen molar-refractivity contribution in [2.24, 2.45) is 0 Å². The molecule has 1 amide bonds. The van der Waals surface area contributed by atoms with E-state index in [-0.39, 0.29) is 5.91 Å². The highest BCUT2D eigenvalue weighted by Crippen LogP contribution is 2.15. The van der Waals surface area contributed by atoms with Gasteiger partial charge < -0.3 is 10.0 Å². The van der Waals surface area contributed by atoms with E-state index < -0.39 is 12.0 Å². The maximum absolute atomic E-state index is 12.6. The Balaban J connectivity index is 2.03. The third-order valence-electron chi connectivity index (χ3n) is 4.13. The lowest BCUT2D eigenvalue weighted by molar-refractivity contribution is -0.143. The van der Waals surface area contributed by atoms with E-state index in [9.17, 15) is 9.59 Å². The molecule has 1 aromatic carbocycles. The fourth-order valence-corrected chi connectivity index (χ4v) is 2.61. The van der Waals surface area contributed by atoms with E-state index in [0.717, 1.165) is 16.7 Å². The predicted molar refractivity (Wildman–Crippen MR) is 80.5 cm³/mol. The molecule has 1 N–H and O–H groups in total. The maximum Gasteiger partial charge on any atom is 0.320 e. The van der Waals surface area contributed by atoms with Gasteiger partial charge in [0.15, 0.2) is 0 Å². The number of piperazine rings is 1. The summed E-state index contributed by atoms with van der Waals surface area (Å²) >= 11 is 0. The summed E-state index contributed by atoms with van der Waals surface area (Å²) in [5.41, 5.74) is 2.80. The molecule has 0 saturated carbocycles. The molecule has 1 aromatic rings. The van der Waals surface area contributed by atoms with Crippen LogP contribution in [0, 0.1) is 13.8 Å². The quantitative estimate of drug-likeness (QED) is 0.917. The first-order valence-corrected chi connectivity index (χ1v) is 7.23. The van der Waals surface area contributed by atoms with Gasteiger partial charge in [0.25, 0.3) is 5.91 Å². The van der Waals surface area contributed by atoms with E-state index in [4.69, 9.17) is 5.11 Å². The molecule has 0 spiro atoms. The highest BCUT2D eigenvalue weighted by Gasteiger charge is 2.28. The molecule has 0 aromatic heterocycles. The van der Waals surface area contributed by atoms with Gasteiger partial charge in [0.2, 0.25) is 0 Å². The van der Waals surface area contributed by atoms with Gasteiger partial charge >= 0.3 is 5.97 Å². The van der Waals surface area contributed by atoms with Gasteiger partial charge in [0.1, 0.15) is 6.04 Å². The summed E-state index contributed by atoms with van der Waals surface area (Å²) < 4.78 is 0. The van der Waals surface area contributed by atoms with Crippen LogP contribution in [0.25, 0.3) is 0 Å². The number of hydrogen-bond acceptors (Lipinski definition) is 3. The van der Waals surface area contributed by atoms with E-state index in [2.05, 4.69) is 0 Å². The second-order valence-electron chi connectivity index (χ2n) is 5.66. The van der Waals surface area contributed by atoms with Gasteiger partial charge in [-0.2, -0.15) is 0 Å². The van der Waals surface area contributed by atoms with Crippen molar-refractivity contribution in [3.8, 4) is 0 Å². The van der Waals surface area contributed by atoms with Crippen LogP contribution in [0.15, 0.2) is 18.2 Å². The lowest BCUT2D eigenvalue weighted by Crippen LogP contribution is -2.53. The number of amides is 1. The van der Waals surface area contributed by atoms with Gasteiger partial charge in [-0.15, -0.1) is 0 Å². The Labute approximate surface area is 125 Å². The smallest absolute Gasteiger partial charge is 0.320 e. The molecule has 2 rings (SSSR count). The van der Waals surface area contributed by atoms with Crippen LogP contribution in [0.5, 0.6) is 0 Å². The highest BCUT2D eigenvalue weighted by atomic mass is 16.4. The van der Waals surface area contributed by atoms with Gasteiger partial charge in [-0.1, -0.05) is 17.7 Å². The Hall–Kier alpha value is -1.88. The molecule has 21 heavy (non-hydrogen) atoms. The van der Waals surface area contributed by atoms with Crippen molar-refractivity contribution >= 4 is 11.9 Å². The first-order valence-electron chi connectivity index (χ1n) is 7.23. The van der Waals surface area contributed by atoms with Crippen LogP contribution in [0.2, 0.25) is 0 Å². The topological polar surface area (TPSA) is 60.9 Å². The Morgan fingerprint density at radius 1 is 1.14 bits per heavy atom. The maximum atomic E-state index is 12.6. The fourth-order valence-electron chi connectivity index (χ4n) is 2.61. The van der Waals surface area contributed by atoms with Gasteiger partial charge in [0, 0.05) is 31.7 Å². The average molecular weight is 290 g/mol. The summed E-state index contributed by atoms with van der Waals surface area (Å²) in [5.74, 6) is -0.775. The first-order chi connectivity index (χ1) is 9.90. The van der Waals surface area contributed by atoms with Crippen molar-refractivity contribution in [1.29, 1.82) is 0 Å². The van der Waals surface area contributed by atoms with E-state index in [0.29, 0.717) is 26.2 Å². The van der Waals surface area contributed by atoms with Crippen LogP contribution in [-0.2, 0) is 4.79 Å². The second kappa shape index (κ2) is 6.26. The van der Waals surface area contributed by atoms with E-state index in [1.807, 2.05) is 41.8 Å². The van der Waals surface area contributed by atoms with Crippen molar-refractivity contribution in [3.63, 3.8) is 0 Å². The summed E-state index contributed by atoms with van der Waals surface area (Å²) in [6.07, 6.45) is 0. The molecule has 0 aliphatic carbocycles. The number of carboxylic acid groups (broad SMARTS) is 1. The first kappa shape index (κ1) is 15.5. The summed E-state index contributed by atoms with van der Waals surface area (Å²) in [4.78, 5) is 27.3. The Morgan fingerprint density at radius 3 is 2.33 bits per heavy atom. The average Bonchev–Trinajstić information content (AvgIpc) is 2.48. The molecule has 1 saturated heterocycles. The molecular weight excluding hydrogens is 268 g/mol. The fraction of sp³-hybridized carbons (Fsp3) is 0.500. The molecule has 0 radical (unpaired) electrons. The minimum Gasteiger partial charge on any atom is -0.480 e. The lowest BCUT2D eigenvalue weighted by Gasteiger charge is -2.36. The number of carbonyl (C=O) groups is 2. The lowest BCUT2D eigenvalue weighted by atomic mass is 10.0. The summed E-state index contributed by atoms with van der Waals surface area (Å²) in [6.45, 7) is 7.95. The van der Waals surface area contributed by atoms with E-state index in [1.165, 1.54) is 0 Å². The standard InChI is InChI=1S/C16H22N2O3/c1-11-4-5-12(2)14(10-11)15(19)18-8-6-17(7-9-18)13(3)16(20)21/h4-5,10,13H,6-9H2,1-3H3,(H,20,21). The van der Waals surface area contributed by atoms with Gasteiger partial charge in [-0.3, -0.25) is 14.5 Å². The SMILES string of the molecule is Cc1ccc(C)c(C(=O)N2CCN(C(C)C(=O)O)CC2)c1. The highest BCUT2D eigenvalue weighted by molar-refractivity contribution is 5.96. The number of carbonyl (C=O) groups excluding carboxylic acids is 1. The number of aliphatic carboxylic acids is 1. The Morgan fingerprint density at radius 2 is 1.76 bits per heavy atom. The molecule has 1 aliphatic rings. The molecule has 1 atom stereocenters. The molecule has 114 valence electrons.